The largest absolute Gasteiger partial charge is 0.391 e. The highest BCUT2D eigenvalue weighted by Crippen LogP contribution is 2.20. The molecule has 1 N–H and O–H groups in total. The highest BCUT2D eigenvalue weighted by atomic mass is 16.3. The second kappa shape index (κ2) is 32.6. The first-order chi connectivity index (χ1) is 20.1. The third kappa shape index (κ3) is 28.2. The summed E-state index contributed by atoms with van der Waals surface area (Å²) in [6.45, 7) is 9.52. The molecule has 0 aromatic carbocycles. The molecule has 0 aliphatic carbocycles. The van der Waals surface area contributed by atoms with E-state index in [1.54, 1.807) is 0 Å². The number of hydrogen-bond acceptors (Lipinski definition) is 1. The Kier molecular flexibility index (Phi) is 32.3. The highest BCUT2D eigenvalue weighted by molar-refractivity contribution is 4.81. The van der Waals surface area contributed by atoms with Crippen LogP contribution in [0.2, 0.25) is 0 Å². The smallest absolute Gasteiger partial charge is 0.102 e. The van der Waals surface area contributed by atoms with Gasteiger partial charge in [-0.05, 0) is 58.3 Å². The van der Waals surface area contributed by atoms with Crippen LogP contribution in [0.25, 0.3) is 0 Å². The Labute approximate surface area is 261 Å². The molecule has 2 atom stereocenters. The minimum Gasteiger partial charge on any atom is -0.391 e. The summed E-state index contributed by atoms with van der Waals surface area (Å²) in [6, 6.07) is 0.669. The Morgan fingerprint density at radius 2 is 0.805 bits per heavy atom. The fraction of sp³-hybridized carbons (Fsp3) is 0.949. The third-order valence-corrected chi connectivity index (χ3v) is 9.83. The Hall–Kier alpha value is -0.340. The normalized spacial score (nSPS) is 14.2. The zero-order valence-corrected chi connectivity index (χ0v) is 29.3. The summed E-state index contributed by atoms with van der Waals surface area (Å²) in [4.78, 5) is 0. The molecule has 0 amide bonds. The van der Waals surface area contributed by atoms with E-state index in [9.17, 15) is 5.11 Å². The number of aliphatic hydroxyl groups excluding tert-OH is 1. The van der Waals surface area contributed by atoms with Crippen LogP contribution in [-0.4, -0.2) is 42.4 Å². The van der Waals surface area contributed by atoms with E-state index in [0.717, 1.165) is 11.0 Å². The molecule has 0 rings (SSSR count). The lowest BCUT2D eigenvalue weighted by molar-refractivity contribution is -0.932. The van der Waals surface area contributed by atoms with Gasteiger partial charge in [0.2, 0.25) is 0 Å². The summed E-state index contributed by atoms with van der Waals surface area (Å²) in [6.07, 6.45) is 45.4. The van der Waals surface area contributed by atoms with Crippen molar-refractivity contribution in [1.82, 2.24) is 0 Å². The van der Waals surface area contributed by atoms with Crippen LogP contribution in [0.15, 0.2) is 12.2 Å². The minimum atomic E-state index is 0.325. The van der Waals surface area contributed by atoms with E-state index in [2.05, 4.69) is 40.0 Å². The van der Waals surface area contributed by atoms with Gasteiger partial charge in [0, 0.05) is 0 Å². The zero-order chi connectivity index (χ0) is 30.1. The van der Waals surface area contributed by atoms with Gasteiger partial charge in [0.25, 0.3) is 0 Å². The van der Waals surface area contributed by atoms with Crippen LogP contribution in [0.5, 0.6) is 0 Å². The fourth-order valence-corrected chi connectivity index (χ4v) is 6.45. The maximum absolute atomic E-state index is 9.76. The molecule has 2 unspecified atom stereocenters. The molecule has 0 aromatic heterocycles. The number of likely N-dealkylation sites (N-methyl/N-ethyl adjacent to an activating group) is 1. The van der Waals surface area contributed by atoms with E-state index in [0.29, 0.717) is 12.6 Å². The van der Waals surface area contributed by atoms with Gasteiger partial charge < -0.3 is 9.59 Å². The predicted octanol–water partition coefficient (Wildman–Crippen LogP) is 12.7. The van der Waals surface area contributed by atoms with Gasteiger partial charge in [0.05, 0.1) is 26.2 Å². The molecule has 0 fully saturated rings. The molecule has 2 heteroatoms. The van der Waals surface area contributed by atoms with Crippen LogP contribution in [-0.2, 0) is 0 Å². The molecule has 0 heterocycles. The molecule has 0 saturated heterocycles. The second-order valence-electron chi connectivity index (χ2n) is 13.8. The van der Waals surface area contributed by atoms with Crippen LogP contribution in [0, 0.1) is 0 Å². The number of allylic oxidation sites excluding steroid dienone is 2. The lowest BCUT2D eigenvalue weighted by atomic mass is 10.0. The number of aliphatic hydroxyl groups is 1. The van der Waals surface area contributed by atoms with Crippen molar-refractivity contribution in [2.24, 2.45) is 0 Å². The van der Waals surface area contributed by atoms with Crippen molar-refractivity contribution in [3.05, 3.63) is 12.2 Å². The Balaban J connectivity index is 3.69. The van der Waals surface area contributed by atoms with Crippen LogP contribution in [0.4, 0.5) is 0 Å². The van der Waals surface area contributed by atoms with Crippen molar-refractivity contribution in [1.29, 1.82) is 0 Å². The van der Waals surface area contributed by atoms with Crippen LogP contribution in [0.3, 0.4) is 0 Å². The average Bonchev–Trinajstić information content (AvgIpc) is 2.97. The summed E-state index contributed by atoms with van der Waals surface area (Å²) >= 11 is 0. The van der Waals surface area contributed by atoms with Gasteiger partial charge in [0.1, 0.15) is 6.54 Å². The van der Waals surface area contributed by atoms with Crippen LogP contribution in [0.1, 0.15) is 207 Å². The summed E-state index contributed by atoms with van der Waals surface area (Å²) in [7, 11) is 2.40. The maximum atomic E-state index is 9.76. The molecule has 0 saturated carbocycles. The van der Waals surface area contributed by atoms with Crippen LogP contribution < -0.4 is 0 Å². The van der Waals surface area contributed by atoms with Gasteiger partial charge in [-0.15, -0.1) is 0 Å². The number of quaternary nitrogens is 1. The van der Waals surface area contributed by atoms with Gasteiger partial charge in [-0.3, -0.25) is 0 Å². The molecule has 0 aromatic rings. The number of rotatable bonds is 34. The van der Waals surface area contributed by atoms with Gasteiger partial charge in [0.15, 0.2) is 0 Å². The molecule has 41 heavy (non-hydrogen) atoms. The van der Waals surface area contributed by atoms with E-state index >= 15 is 0 Å². The molecular weight excluding hydrogens is 498 g/mol. The first-order valence-corrected chi connectivity index (χ1v) is 19.2. The van der Waals surface area contributed by atoms with E-state index in [1.807, 2.05) is 0 Å². The quantitative estimate of drug-likeness (QED) is 0.0457. The van der Waals surface area contributed by atoms with Crippen molar-refractivity contribution in [3.63, 3.8) is 0 Å². The Morgan fingerprint density at radius 3 is 1.20 bits per heavy atom. The van der Waals surface area contributed by atoms with Gasteiger partial charge in [-0.2, -0.15) is 0 Å². The van der Waals surface area contributed by atoms with Crippen molar-refractivity contribution in [2.45, 2.75) is 213 Å². The molecule has 2 nitrogen and oxygen atoms in total. The zero-order valence-electron chi connectivity index (χ0n) is 29.3. The summed E-state index contributed by atoms with van der Waals surface area (Å²) in [5.74, 6) is 0. The molecule has 246 valence electrons. The monoisotopic (exact) mass is 579 g/mol. The standard InChI is InChI=1S/C39H80NO/c1-5-7-9-11-13-15-17-19-21-22-24-26-28-30-32-34-36-40(4,37-38-41)39(3)35-33-31-29-27-25-23-20-18-16-14-12-10-8-6-2/h19,21,39,41H,5-18,20,22-38H2,1-4H3/q+1/b21-19-. The van der Waals surface area contributed by atoms with Gasteiger partial charge in [-0.1, -0.05) is 161 Å². The summed E-state index contributed by atoms with van der Waals surface area (Å²) < 4.78 is 1.07. The van der Waals surface area contributed by atoms with Crippen LogP contribution >= 0.6 is 0 Å². The topological polar surface area (TPSA) is 20.2 Å². The van der Waals surface area contributed by atoms with Crippen molar-refractivity contribution < 1.29 is 9.59 Å². The number of unbranched alkanes of at least 4 members (excludes halogenated alkanes) is 25. The van der Waals surface area contributed by atoms with E-state index in [1.165, 1.54) is 193 Å². The van der Waals surface area contributed by atoms with Crippen molar-refractivity contribution >= 4 is 0 Å². The lowest BCUT2D eigenvalue weighted by Gasteiger charge is -2.40. The molecular formula is C39H80NO+. The van der Waals surface area contributed by atoms with Gasteiger partial charge in [-0.25, -0.2) is 0 Å². The molecule has 0 spiro atoms. The maximum Gasteiger partial charge on any atom is 0.102 e. The number of hydrogen-bond donors (Lipinski definition) is 1. The van der Waals surface area contributed by atoms with E-state index in [4.69, 9.17) is 0 Å². The third-order valence-electron chi connectivity index (χ3n) is 9.83. The molecule has 0 bridgehead atoms. The average molecular weight is 579 g/mol. The van der Waals surface area contributed by atoms with Crippen molar-refractivity contribution in [2.75, 3.05) is 26.7 Å². The first-order valence-electron chi connectivity index (χ1n) is 19.2. The molecule has 0 aliphatic heterocycles. The van der Waals surface area contributed by atoms with E-state index < -0.39 is 0 Å². The van der Waals surface area contributed by atoms with Gasteiger partial charge >= 0.3 is 0 Å². The SMILES string of the molecule is CCCCCCCC/C=C\CCCCCCCC[N+](C)(CCO)C(C)CCCCCCCCCCCCCCCC. The number of nitrogens with zero attached hydrogens (tertiary/aromatic N) is 1. The first kappa shape index (κ1) is 40.7. The van der Waals surface area contributed by atoms with E-state index in [-0.39, 0.29) is 0 Å². The highest BCUT2D eigenvalue weighted by Gasteiger charge is 2.27. The summed E-state index contributed by atoms with van der Waals surface area (Å²) in [5.41, 5.74) is 0. The molecule has 0 aliphatic rings. The second-order valence-corrected chi connectivity index (χ2v) is 13.8. The fourth-order valence-electron chi connectivity index (χ4n) is 6.45. The van der Waals surface area contributed by atoms with Crippen molar-refractivity contribution in [3.8, 4) is 0 Å². The lowest BCUT2D eigenvalue weighted by Crippen LogP contribution is -2.53. The Bertz CT molecular complexity index is 518. The Morgan fingerprint density at radius 1 is 0.463 bits per heavy atom. The summed E-state index contributed by atoms with van der Waals surface area (Å²) in [5, 5.41) is 9.76. The predicted molar refractivity (Wildman–Crippen MR) is 187 cm³/mol. The minimum absolute atomic E-state index is 0.325. The molecule has 0 radical (unpaired) electrons.